The van der Waals surface area contributed by atoms with E-state index < -0.39 is 0 Å². The summed E-state index contributed by atoms with van der Waals surface area (Å²) in [6.07, 6.45) is 8.13. The lowest BCUT2D eigenvalue weighted by molar-refractivity contribution is 0.0949. The third-order valence-electron chi connectivity index (χ3n) is 6.05. The van der Waals surface area contributed by atoms with Crippen molar-refractivity contribution in [3.8, 4) is 0 Å². The molecule has 1 saturated carbocycles. The number of imidazole rings is 1. The van der Waals surface area contributed by atoms with E-state index in [4.69, 9.17) is 11.6 Å². The Morgan fingerprint density at radius 3 is 2.52 bits per heavy atom. The maximum atomic E-state index is 12.8. The van der Waals surface area contributed by atoms with E-state index in [-0.39, 0.29) is 5.91 Å². The fourth-order valence-electron chi connectivity index (χ4n) is 4.36. The van der Waals surface area contributed by atoms with Gasteiger partial charge in [0.15, 0.2) is 0 Å². The lowest BCUT2D eigenvalue weighted by Crippen LogP contribution is -2.42. The molecule has 1 aromatic carbocycles. The molecule has 1 aliphatic carbocycles. The highest BCUT2D eigenvalue weighted by atomic mass is 35.5. The molecule has 1 fully saturated rings. The van der Waals surface area contributed by atoms with E-state index in [1.165, 1.54) is 12.8 Å². The molecule has 2 N–H and O–H groups in total. The van der Waals surface area contributed by atoms with Crippen molar-refractivity contribution in [2.75, 3.05) is 25.5 Å². The number of benzene rings is 1. The van der Waals surface area contributed by atoms with Crippen LogP contribution in [-0.4, -0.2) is 53.5 Å². The lowest BCUT2D eigenvalue weighted by atomic mass is 9.89. The van der Waals surface area contributed by atoms with Crippen molar-refractivity contribution in [2.45, 2.75) is 58.2 Å². The number of nitrogens with zero attached hydrogens (tertiary/aromatic N) is 3. The van der Waals surface area contributed by atoms with Gasteiger partial charge in [0.25, 0.3) is 5.91 Å². The van der Waals surface area contributed by atoms with Crippen LogP contribution in [0.5, 0.6) is 0 Å². The van der Waals surface area contributed by atoms with Crippen LogP contribution in [0.4, 0.5) is 5.69 Å². The molecule has 0 radical (unpaired) electrons. The van der Waals surface area contributed by atoms with E-state index in [1.807, 2.05) is 13.0 Å². The zero-order chi connectivity index (χ0) is 21.0. The largest absolute Gasteiger partial charge is 0.369 e. The van der Waals surface area contributed by atoms with Gasteiger partial charge in [0.1, 0.15) is 5.82 Å². The zero-order valence-electron chi connectivity index (χ0n) is 17.8. The van der Waals surface area contributed by atoms with Gasteiger partial charge >= 0.3 is 0 Å². The molecule has 0 atom stereocenters. The molecule has 29 heavy (non-hydrogen) atoms. The van der Waals surface area contributed by atoms with Gasteiger partial charge in [-0.05, 0) is 71.3 Å². The van der Waals surface area contributed by atoms with E-state index in [0.717, 1.165) is 36.5 Å². The Balaban J connectivity index is 1.78. The number of carbonyl (C=O) groups is 1. The first-order chi connectivity index (χ1) is 13.9. The van der Waals surface area contributed by atoms with Crippen molar-refractivity contribution in [1.82, 2.24) is 20.2 Å². The second-order valence-corrected chi connectivity index (χ2v) is 8.46. The minimum atomic E-state index is -0.130. The summed E-state index contributed by atoms with van der Waals surface area (Å²) in [6.45, 7) is 5.45. The van der Waals surface area contributed by atoms with Gasteiger partial charge in [-0.2, -0.15) is 0 Å². The maximum absolute atomic E-state index is 12.8. The van der Waals surface area contributed by atoms with Crippen LogP contribution in [0.15, 0.2) is 24.5 Å². The Hall–Kier alpha value is -2.05. The van der Waals surface area contributed by atoms with Gasteiger partial charge in [-0.1, -0.05) is 11.6 Å². The van der Waals surface area contributed by atoms with Crippen LogP contribution >= 0.6 is 11.6 Å². The molecule has 1 aliphatic rings. The van der Waals surface area contributed by atoms with E-state index in [0.29, 0.717) is 29.2 Å². The minimum absolute atomic E-state index is 0.130. The predicted octanol–water partition coefficient (Wildman–Crippen LogP) is 4.00. The molecule has 7 heteroatoms. The highest BCUT2D eigenvalue weighted by molar-refractivity contribution is 6.31. The van der Waals surface area contributed by atoms with Crippen LogP contribution < -0.4 is 10.2 Å². The van der Waals surface area contributed by atoms with Gasteiger partial charge < -0.3 is 20.1 Å². The molecule has 0 aliphatic heterocycles. The number of amides is 1. The molecule has 158 valence electrons. The molecule has 0 saturated heterocycles. The summed E-state index contributed by atoms with van der Waals surface area (Å²) >= 11 is 6.44. The summed E-state index contributed by atoms with van der Waals surface area (Å²) in [5.41, 5.74) is 2.67. The van der Waals surface area contributed by atoms with Crippen LogP contribution in [-0.2, 0) is 6.54 Å². The van der Waals surface area contributed by atoms with Gasteiger partial charge in [-0.15, -0.1) is 0 Å². The number of halogens is 1. The molecular formula is C22H32ClN5O. The van der Waals surface area contributed by atoms with E-state index >= 15 is 0 Å². The summed E-state index contributed by atoms with van der Waals surface area (Å²) in [4.78, 5) is 24.7. The SMILES string of the molecule is CCN(c1cc(Cl)cc(C(=O)NCc2ncc[nH]2)c1C)[C@H]1CC[C@H](N(C)C)CC1. The first-order valence-electron chi connectivity index (χ1n) is 10.4. The molecule has 3 rings (SSSR count). The molecule has 6 nitrogen and oxygen atoms in total. The van der Waals surface area contributed by atoms with Crippen molar-refractivity contribution < 1.29 is 4.79 Å². The van der Waals surface area contributed by atoms with Gasteiger partial charge in [0.2, 0.25) is 0 Å². The molecule has 0 unspecified atom stereocenters. The molecule has 1 heterocycles. The van der Waals surface area contributed by atoms with Crippen LogP contribution in [0.1, 0.15) is 54.4 Å². The average molecular weight is 418 g/mol. The third kappa shape index (κ3) is 5.11. The van der Waals surface area contributed by atoms with Crippen molar-refractivity contribution >= 4 is 23.2 Å². The number of aromatic nitrogens is 2. The highest BCUT2D eigenvalue weighted by Crippen LogP contribution is 2.34. The van der Waals surface area contributed by atoms with E-state index in [9.17, 15) is 4.79 Å². The zero-order valence-corrected chi connectivity index (χ0v) is 18.6. The number of H-pyrrole nitrogens is 1. The summed E-state index contributed by atoms with van der Waals surface area (Å²) in [5, 5.41) is 3.53. The van der Waals surface area contributed by atoms with Crippen molar-refractivity contribution in [3.63, 3.8) is 0 Å². The highest BCUT2D eigenvalue weighted by Gasteiger charge is 2.28. The fraction of sp³-hybridized carbons (Fsp3) is 0.545. The normalized spacial score (nSPS) is 19.4. The topological polar surface area (TPSA) is 64.3 Å². The third-order valence-corrected chi connectivity index (χ3v) is 6.27. The Labute approximate surface area is 178 Å². The Kier molecular flexibility index (Phi) is 7.19. The number of hydrogen-bond acceptors (Lipinski definition) is 4. The van der Waals surface area contributed by atoms with Crippen molar-refractivity contribution in [2.24, 2.45) is 0 Å². The lowest BCUT2D eigenvalue weighted by Gasteiger charge is -2.40. The standard InChI is InChI=1S/C22H32ClN5O/c1-5-28(18-8-6-17(7-9-18)27(3)4)20-13-16(23)12-19(15(20)2)22(29)26-14-21-24-10-11-25-21/h10-13,17-18H,5-9,14H2,1-4H3,(H,24,25)(H,26,29)/t17-,18-. The van der Waals surface area contributed by atoms with Crippen LogP contribution in [0.3, 0.4) is 0 Å². The maximum Gasteiger partial charge on any atom is 0.252 e. The van der Waals surface area contributed by atoms with Gasteiger partial charge in [0.05, 0.1) is 6.54 Å². The van der Waals surface area contributed by atoms with Crippen molar-refractivity contribution in [1.29, 1.82) is 0 Å². The summed E-state index contributed by atoms with van der Waals surface area (Å²) in [6, 6.07) is 4.90. The Bertz CT molecular complexity index is 813. The quantitative estimate of drug-likeness (QED) is 0.714. The minimum Gasteiger partial charge on any atom is -0.369 e. The molecule has 2 aromatic rings. The molecule has 1 aromatic heterocycles. The number of nitrogens with one attached hydrogen (secondary N) is 2. The summed E-state index contributed by atoms with van der Waals surface area (Å²) in [7, 11) is 4.33. The summed E-state index contributed by atoms with van der Waals surface area (Å²) in [5.74, 6) is 0.598. The van der Waals surface area contributed by atoms with Crippen LogP contribution in [0.2, 0.25) is 5.02 Å². The number of carbonyl (C=O) groups excluding carboxylic acids is 1. The number of aromatic amines is 1. The van der Waals surface area contributed by atoms with E-state index in [1.54, 1.807) is 18.5 Å². The average Bonchev–Trinajstić information content (AvgIpc) is 3.23. The summed E-state index contributed by atoms with van der Waals surface area (Å²) < 4.78 is 0. The number of hydrogen-bond donors (Lipinski definition) is 2. The molecular weight excluding hydrogens is 386 g/mol. The number of rotatable bonds is 7. The first kappa shape index (κ1) is 21.7. The van der Waals surface area contributed by atoms with Gasteiger partial charge in [0, 0.05) is 47.3 Å². The second-order valence-electron chi connectivity index (χ2n) is 8.03. The van der Waals surface area contributed by atoms with Crippen molar-refractivity contribution in [3.05, 3.63) is 46.5 Å². The van der Waals surface area contributed by atoms with Crippen LogP contribution in [0.25, 0.3) is 0 Å². The molecule has 1 amide bonds. The first-order valence-corrected chi connectivity index (χ1v) is 10.8. The Morgan fingerprint density at radius 2 is 1.93 bits per heavy atom. The van der Waals surface area contributed by atoms with E-state index in [2.05, 4.69) is 46.1 Å². The predicted molar refractivity (Wildman–Crippen MR) is 119 cm³/mol. The molecule has 0 spiro atoms. The molecule has 0 bridgehead atoms. The second kappa shape index (κ2) is 9.63. The van der Waals surface area contributed by atoms with Gasteiger partial charge in [-0.25, -0.2) is 4.98 Å². The fourth-order valence-corrected chi connectivity index (χ4v) is 4.58. The smallest absolute Gasteiger partial charge is 0.252 e. The monoisotopic (exact) mass is 417 g/mol. The number of anilines is 1. The Morgan fingerprint density at radius 1 is 1.24 bits per heavy atom. The van der Waals surface area contributed by atoms with Gasteiger partial charge in [-0.3, -0.25) is 4.79 Å². The van der Waals surface area contributed by atoms with Crippen LogP contribution in [0, 0.1) is 6.92 Å².